The summed E-state index contributed by atoms with van der Waals surface area (Å²) in [4.78, 5) is 25.5. The van der Waals surface area contributed by atoms with Crippen LogP contribution in [0.2, 0.25) is 0 Å². The molecule has 206 valence electrons. The van der Waals surface area contributed by atoms with Crippen molar-refractivity contribution < 1.29 is 28.9 Å². The van der Waals surface area contributed by atoms with Gasteiger partial charge in [-0.1, -0.05) is 66.7 Å². The van der Waals surface area contributed by atoms with Crippen LogP contribution in [0.3, 0.4) is 0 Å². The topological polar surface area (TPSA) is 85.3 Å². The molecule has 4 aromatic rings. The molecule has 1 heterocycles. The minimum atomic E-state index is -0.920. The van der Waals surface area contributed by atoms with E-state index in [2.05, 4.69) is 42.5 Å². The first-order chi connectivity index (χ1) is 19.5. The van der Waals surface area contributed by atoms with E-state index in [1.807, 2.05) is 24.3 Å². The van der Waals surface area contributed by atoms with Crippen molar-refractivity contribution in [3.05, 3.63) is 113 Å². The van der Waals surface area contributed by atoms with Gasteiger partial charge in [-0.05, 0) is 58.1 Å². The lowest BCUT2D eigenvalue weighted by atomic mass is 9.86. The van der Waals surface area contributed by atoms with Gasteiger partial charge >= 0.3 is 12.1 Å². The second-order valence-electron chi connectivity index (χ2n) is 10.0. The number of likely N-dealkylation sites (tertiary alicyclic amines) is 1. The Kier molecular flexibility index (Phi) is 8.62. The average Bonchev–Trinajstić information content (AvgIpc) is 3.00. The van der Waals surface area contributed by atoms with Crippen molar-refractivity contribution in [3.63, 3.8) is 0 Å². The van der Waals surface area contributed by atoms with Crippen LogP contribution in [0.5, 0.6) is 5.75 Å². The van der Waals surface area contributed by atoms with Crippen LogP contribution in [0.1, 0.15) is 39.4 Å². The lowest BCUT2D eigenvalue weighted by Gasteiger charge is -2.37. The molecule has 0 saturated carbocycles. The number of fused-ring (bicyclic) bond motifs is 1. The van der Waals surface area contributed by atoms with Crippen LogP contribution in [0.4, 0.5) is 4.79 Å². The van der Waals surface area contributed by atoms with E-state index in [4.69, 9.17) is 14.2 Å². The number of benzene rings is 4. The SMILES string of the molecule is COc1cccc(C(=O)OCCc2ccc(C3CCN(C(=O)O)CC3OCc3ccc4ccccc4c3)cc2)c1. The predicted molar refractivity (Wildman–Crippen MR) is 153 cm³/mol. The molecule has 4 aromatic carbocycles. The quantitative estimate of drug-likeness (QED) is 0.251. The van der Waals surface area contributed by atoms with E-state index in [0.29, 0.717) is 43.9 Å². The van der Waals surface area contributed by atoms with Crippen molar-refractivity contribution in [2.24, 2.45) is 0 Å². The molecule has 1 N–H and O–H groups in total. The first-order valence-electron chi connectivity index (χ1n) is 13.5. The van der Waals surface area contributed by atoms with Gasteiger partial charge in [-0.3, -0.25) is 0 Å². The maximum absolute atomic E-state index is 12.4. The fourth-order valence-electron chi connectivity index (χ4n) is 5.20. The van der Waals surface area contributed by atoms with E-state index in [-0.39, 0.29) is 24.6 Å². The molecule has 40 heavy (non-hydrogen) atoms. The lowest BCUT2D eigenvalue weighted by molar-refractivity contribution is -0.0199. The van der Waals surface area contributed by atoms with E-state index in [9.17, 15) is 14.7 Å². The van der Waals surface area contributed by atoms with Crippen molar-refractivity contribution in [2.75, 3.05) is 26.8 Å². The van der Waals surface area contributed by atoms with Crippen LogP contribution >= 0.6 is 0 Å². The number of esters is 1. The largest absolute Gasteiger partial charge is 0.497 e. The van der Waals surface area contributed by atoms with Gasteiger partial charge in [0.15, 0.2) is 0 Å². The smallest absolute Gasteiger partial charge is 0.407 e. The summed E-state index contributed by atoms with van der Waals surface area (Å²) < 4.78 is 17.0. The van der Waals surface area contributed by atoms with Crippen molar-refractivity contribution in [1.29, 1.82) is 0 Å². The average molecular weight is 540 g/mol. The summed E-state index contributed by atoms with van der Waals surface area (Å²) in [6.45, 7) is 1.48. The zero-order valence-electron chi connectivity index (χ0n) is 22.5. The number of nitrogens with zero attached hydrogens (tertiary/aromatic N) is 1. The van der Waals surface area contributed by atoms with Gasteiger partial charge in [-0.25, -0.2) is 9.59 Å². The Morgan fingerprint density at radius 3 is 2.45 bits per heavy atom. The number of carbonyl (C=O) groups excluding carboxylic acids is 1. The number of methoxy groups -OCH3 is 1. The highest BCUT2D eigenvalue weighted by atomic mass is 16.5. The highest BCUT2D eigenvalue weighted by Gasteiger charge is 2.33. The first kappa shape index (κ1) is 27.2. The van der Waals surface area contributed by atoms with E-state index in [0.717, 1.165) is 22.1 Å². The van der Waals surface area contributed by atoms with Crippen LogP contribution in [-0.2, 0) is 22.5 Å². The Balaban J connectivity index is 1.20. The Morgan fingerprint density at radius 2 is 1.68 bits per heavy atom. The highest BCUT2D eigenvalue weighted by molar-refractivity contribution is 5.89. The Morgan fingerprint density at radius 1 is 0.900 bits per heavy atom. The molecule has 0 radical (unpaired) electrons. The third-order valence-corrected chi connectivity index (χ3v) is 7.44. The normalized spacial score (nSPS) is 17.0. The number of amides is 1. The van der Waals surface area contributed by atoms with Crippen LogP contribution in [0.15, 0.2) is 91.0 Å². The molecule has 2 atom stereocenters. The number of carbonyl (C=O) groups is 2. The monoisotopic (exact) mass is 539 g/mol. The standard InChI is InChI=1S/C33H33NO6/c1-38-29-8-4-7-28(20-29)32(35)39-18-16-23-9-13-26(14-10-23)30-15-17-34(33(36)37)21-31(30)40-22-24-11-12-25-5-2-3-6-27(25)19-24/h2-14,19-20,30-31H,15-18,21-22H2,1H3,(H,36,37). The van der Waals surface area contributed by atoms with Gasteiger partial charge in [0.2, 0.25) is 0 Å². The molecule has 5 rings (SSSR count). The molecule has 0 spiro atoms. The minimum absolute atomic E-state index is 0.0796. The Labute approximate surface area is 233 Å². The third kappa shape index (κ3) is 6.61. The molecule has 1 aliphatic heterocycles. The summed E-state index contributed by atoms with van der Waals surface area (Å²) in [5.41, 5.74) is 3.69. The first-order valence-corrected chi connectivity index (χ1v) is 13.5. The fraction of sp³-hybridized carbons (Fsp3) is 0.273. The lowest BCUT2D eigenvalue weighted by Crippen LogP contribution is -2.46. The second-order valence-corrected chi connectivity index (χ2v) is 10.0. The van der Waals surface area contributed by atoms with Gasteiger partial charge in [0.1, 0.15) is 5.75 Å². The predicted octanol–water partition coefficient (Wildman–Crippen LogP) is 6.30. The Hall–Kier alpha value is -4.36. The second kappa shape index (κ2) is 12.7. The molecule has 7 heteroatoms. The van der Waals surface area contributed by atoms with Gasteiger partial charge in [0.25, 0.3) is 0 Å². The van der Waals surface area contributed by atoms with E-state index < -0.39 is 6.09 Å². The zero-order valence-corrected chi connectivity index (χ0v) is 22.5. The molecule has 1 fully saturated rings. The fourth-order valence-corrected chi connectivity index (χ4v) is 5.20. The van der Waals surface area contributed by atoms with E-state index in [1.54, 1.807) is 31.4 Å². The molecule has 0 aliphatic carbocycles. The molecule has 1 saturated heterocycles. The van der Waals surface area contributed by atoms with Gasteiger partial charge in [-0.15, -0.1) is 0 Å². The zero-order chi connectivity index (χ0) is 27.9. The number of hydrogen-bond acceptors (Lipinski definition) is 5. The number of carboxylic acid groups (broad SMARTS) is 1. The highest BCUT2D eigenvalue weighted by Crippen LogP contribution is 2.32. The maximum Gasteiger partial charge on any atom is 0.407 e. The van der Waals surface area contributed by atoms with Crippen LogP contribution in [0.25, 0.3) is 10.8 Å². The number of rotatable bonds is 9. The van der Waals surface area contributed by atoms with Gasteiger partial charge in [0.05, 0.1) is 38.5 Å². The van der Waals surface area contributed by atoms with Gasteiger partial charge < -0.3 is 24.2 Å². The summed E-state index contributed by atoms with van der Waals surface area (Å²) in [6.07, 6.45) is 0.101. The van der Waals surface area contributed by atoms with Crippen LogP contribution in [0, 0.1) is 0 Å². The third-order valence-electron chi connectivity index (χ3n) is 7.44. The number of ether oxygens (including phenoxy) is 3. The van der Waals surface area contributed by atoms with Gasteiger partial charge in [-0.2, -0.15) is 0 Å². The minimum Gasteiger partial charge on any atom is -0.497 e. The molecule has 7 nitrogen and oxygen atoms in total. The van der Waals surface area contributed by atoms with E-state index >= 15 is 0 Å². The van der Waals surface area contributed by atoms with Crippen molar-refractivity contribution in [1.82, 2.24) is 4.90 Å². The van der Waals surface area contributed by atoms with Crippen molar-refractivity contribution >= 4 is 22.8 Å². The van der Waals surface area contributed by atoms with Crippen molar-refractivity contribution in [3.8, 4) is 5.75 Å². The summed E-state index contributed by atoms with van der Waals surface area (Å²) in [7, 11) is 1.56. The molecular weight excluding hydrogens is 506 g/mol. The molecule has 0 bridgehead atoms. The maximum atomic E-state index is 12.4. The molecular formula is C33H33NO6. The van der Waals surface area contributed by atoms with Crippen LogP contribution in [-0.4, -0.2) is 55.0 Å². The molecule has 1 aliphatic rings. The molecule has 0 aromatic heterocycles. The van der Waals surface area contributed by atoms with Crippen LogP contribution < -0.4 is 4.74 Å². The summed E-state index contributed by atoms with van der Waals surface area (Å²) in [5.74, 6) is 0.307. The Bertz CT molecular complexity index is 1470. The molecule has 2 unspecified atom stereocenters. The van der Waals surface area contributed by atoms with Gasteiger partial charge in [0, 0.05) is 18.9 Å². The summed E-state index contributed by atoms with van der Waals surface area (Å²) in [6, 6.07) is 29.6. The molecule has 1 amide bonds. The summed E-state index contributed by atoms with van der Waals surface area (Å²) in [5, 5.41) is 11.9. The van der Waals surface area contributed by atoms with Crippen molar-refractivity contribution in [2.45, 2.75) is 31.5 Å². The number of hydrogen-bond donors (Lipinski definition) is 1. The summed E-state index contributed by atoms with van der Waals surface area (Å²) >= 11 is 0. The van der Waals surface area contributed by atoms with E-state index in [1.165, 1.54) is 10.3 Å². The number of piperidine rings is 1.